The van der Waals surface area contributed by atoms with E-state index in [0.717, 1.165) is 23.7 Å². The number of hydrogen-bond acceptors (Lipinski definition) is 5. The Morgan fingerprint density at radius 1 is 1.42 bits per heavy atom. The van der Waals surface area contributed by atoms with Crippen molar-refractivity contribution in [2.45, 2.75) is 12.8 Å². The molecule has 8 nitrogen and oxygen atoms in total. The van der Waals surface area contributed by atoms with Crippen molar-refractivity contribution in [2.24, 2.45) is 5.92 Å². The highest BCUT2D eigenvalue weighted by atomic mass is 16.6. The van der Waals surface area contributed by atoms with Crippen LogP contribution >= 0.6 is 0 Å². The Kier molecular flexibility index (Phi) is 4.45. The highest BCUT2D eigenvalue weighted by Gasteiger charge is 2.25. The van der Waals surface area contributed by atoms with Gasteiger partial charge >= 0.3 is 6.09 Å². The molecule has 0 aliphatic carbocycles. The Morgan fingerprint density at radius 2 is 2.17 bits per heavy atom. The molecule has 1 amide bonds. The van der Waals surface area contributed by atoms with Crippen LogP contribution in [-0.2, 0) is 0 Å². The second-order valence-corrected chi connectivity index (χ2v) is 5.91. The van der Waals surface area contributed by atoms with Gasteiger partial charge in [0.2, 0.25) is 0 Å². The van der Waals surface area contributed by atoms with Crippen LogP contribution in [0.1, 0.15) is 12.8 Å². The lowest BCUT2D eigenvalue weighted by molar-refractivity contribution is -0.384. The summed E-state index contributed by atoms with van der Waals surface area (Å²) in [4.78, 5) is 27.9. The number of nitro groups is 1. The lowest BCUT2D eigenvalue weighted by Crippen LogP contribution is -2.38. The number of anilines is 1. The first-order valence-corrected chi connectivity index (χ1v) is 7.79. The molecular weight excluding hydrogens is 312 g/mol. The molecule has 1 aromatic carbocycles. The maximum Gasteiger partial charge on any atom is 0.404 e. The normalized spacial score (nSPS) is 15.4. The zero-order valence-electron chi connectivity index (χ0n) is 13.0. The first-order chi connectivity index (χ1) is 11.5. The van der Waals surface area contributed by atoms with Crippen molar-refractivity contribution in [3.8, 4) is 0 Å². The van der Waals surface area contributed by atoms with E-state index in [-0.39, 0.29) is 16.5 Å². The fraction of sp³-hybridized carbons (Fsp3) is 0.375. The minimum Gasteiger partial charge on any atom is -0.465 e. The Bertz CT molecular complexity index is 772. The van der Waals surface area contributed by atoms with Gasteiger partial charge in [0.15, 0.2) is 0 Å². The summed E-state index contributed by atoms with van der Waals surface area (Å²) >= 11 is 0. The van der Waals surface area contributed by atoms with E-state index in [9.17, 15) is 14.9 Å². The number of nitrogens with one attached hydrogen (secondary N) is 1. The molecule has 2 N–H and O–H groups in total. The third kappa shape index (κ3) is 3.37. The standard InChI is InChI=1S/C16H18N4O4/c21-16(22)18-10-11-3-6-19(7-4-11)14-9-13-12(2-1-5-17-13)8-15(14)20(23)24/h1-2,5,8-9,11,18H,3-4,6-7,10H2,(H,21,22). The van der Waals surface area contributed by atoms with Gasteiger partial charge in [-0.25, -0.2) is 4.79 Å². The van der Waals surface area contributed by atoms with Crippen LogP contribution in [0.15, 0.2) is 30.5 Å². The van der Waals surface area contributed by atoms with Crippen LogP contribution in [-0.4, -0.2) is 40.7 Å². The average Bonchev–Trinajstić information content (AvgIpc) is 2.59. The second-order valence-electron chi connectivity index (χ2n) is 5.91. The molecule has 0 atom stereocenters. The summed E-state index contributed by atoms with van der Waals surface area (Å²) in [5.41, 5.74) is 1.39. The quantitative estimate of drug-likeness (QED) is 0.659. The number of rotatable bonds is 4. The fourth-order valence-corrected chi connectivity index (χ4v) is 3.11. The zero-order valence-corrected chi connectivity index (χ0v) is 13.0. The fourth-order valence-electron chi connectivity index (χ4n) is 3.11. The molecule has 1 aromatic heterocycles. The topological polar surface area (TPSA) is 109 Å². The number of fused-ring (bicyclic) bond motifs is 1. The van der Waals surface area contributed by atoms with Crippen molar-refractivity contribution in [1.29, 1.82) is 0 Å². The van der Waals surface area contributed by atoms with E-state index >= 15 is 0 Å². The first-order valence-electron chi connectivity index (χ1n) is 7.79. The van der Waals surface area contributed by atoms with Gasteiger partial charge in [-0.1, -0.05) is 6.07 Å². The number of benzene rings is 1. The third-order valence-electron chi connectivity index (χ3n) is 4.39. The van der Waals surface area contributed by atoms with Crippen LogP contribution in [0.3, 0.4) is 0 Å². The summed E-state index contributed by atoms with van der Waals surface area (Å²) < 4.78 is 0. The molecule has 1 aliphatic rings. The lowest BCUT2D eigenvalue weighted by atomic mass is 9.96. The van der Waals surface area contributed by atoms with Crippen molar-refractivity contribution in [3.05, 3.63) is 40.6 Å². The van der Waals surface area contributed by atoms with Crippen LogP contribution in [0.2, 0.25) is 0 Å². The molecule has 1 aliphatic heterocycles. The van der Waals surface area contributed by atoms with E-state index in [4.69, 9.17) is 5.11 Å². The summed E-state index contributed by atoms with van der Waals surface area (Å²) in [5.74, 6) is 0.259. The number of hydrogen-bond donors (Lipinski definition) is 2. The number of amides is 1. The third-order valence-corrected chi connectivity index (χ3v) is 4.39. The molecule has 1 fully saturated rings. The largest absolute Gasteiger partial charge is 0.465 e. The summed E-state index contributed by atoms with van der Waals surface area (Å²) in [5, 5.41) is 23.2. The SMILES string of the molecule is O=C(O)NCC1CCN(c2cc3ncccc3cc2[N+](=O)[O-])CC1. The molecule has 1 saturated heterocycles. The molecule has 126 valence electrons. The number of aromatic nitrogens is 1. The van der Waals surface area contributed by atoms with Gasteiger partial charge in [-0.05, 0) is 30.9 Å². The van der Waals surface area contributed by atoms with Gasteiger partial charge in [-0.2, -0.15) is 0 Å². The van der Waals surface area contributed by atoms with Crippen LogP contribution < -0.4 is 10.2 Å². The number of piperidine rings is 1. The minimum absolute atomic E-state index is 0.0811. The van der Waals surface area contributed by atoms with E-state index in [0.29, 0.717) is 25.3 Å². The summed E-state index contributed by atoms with van der Waals surface area (Å²) in [6, 6.07) is 6.90. The van der Waals surface area contributed by atoms with Crippen LogP contribution in [0.25, 0.3) is 10.9 Å². The van der Waals surface area contributed by atoms with Gasteiger partial charge in [-0.3, -0.25) is 15.1 Å². The van der Waals surface area contributed by atoms with E-state index in [1.54, 1.807) is 24.4 Å². The molecule has 0 bridgehead atoms. The smallest absolute Gasteiger partial charge is 0.404 e. The number of carboxylic acid groups (broad SMARTS) is 1. The van der Waals surface area contributed by atoms with Gasteiger partial charge in [0.1, 0.15) is 5.69 Å². The molecule has 2 heterocycles. The number of pyridine rings is 1. The predicted molar refractivity (Wildman–Crippen MR) is 89.4 cm³/mol. The molecule has 24 heavy (non-hydrogen) atoms. The summed E-state index contributed by atoms with van der Waals surface area (Å²) in [6.07, 6.45) is 2.23. The Morgan fingerprint density at radius 3 is 2.83 bits per heavy atom. The Balaban J connectivity index is 1.80. The van der Waals surface area contributed by atoms with Crippen LogP contribution in [0, 0.1) is 16.0 Å². The molecule has 2 aromatic rings. The Labute approximate surface area is 138 Å². The highest BCUT2D eigenvalue weighted by Crippen LogP contribution is 2.34. The molecule has 0 spiro atoms. The zero-order chi connectivity index (χ0) is 17.1. The van der Waals surface area contributed by atoms with Crippen molar-refractivity contribution < 1.29 is 14.8 Å². The van der Waals surface area contributed by atoms with Gasteiger partial charge in [-0.15, -0.1) is 0 Å². The van der Waals surface area contributed by atoms with Crippen molar-refractivity contribution in [1.82, 2.24) is 10.3 Å². The summed E-state index contributed by atoms with van der Waals surface area (Å²) in [7, 11) is 0. The predicted octanol–water partition coefficient (Wildman–Crippen LogP) is 2.63. The molecular formula is C16H18N4O4. The van der Waals surface area contributed by atoms with Gasteiger partial charge in [0.05, 0.1) is 10.4 Å². The second kappa shape index (κ2) is 6.69. The van der Waals surface area contributed by atoms with E-state index in [1.165, 1.54) is 0 Å². The molecule has 0 saturated carbocycles. The minimum atomic E-state index is -1.02. The molecule has 8 heteroatoms. The first kappa shape index (κ1) is 16.0. The van der Waals surface area contributed by atoms with Crippen molar-refractivity contribution in [2.75, 3.05) is 24.5 Å². The van der Waals surface area contributed by atoms with E-state index in [2.05, 4.69) is 10.3 Å². The van der Waals surface area contributed by atoms with Gasteiger partial charge in [0, 0.05) is 37.3 Å². The van der Waals surface area contributed by atoms with Crippen molar-refractivity contribution in [3.63, 3.8) is 0 Å². The maximum absolute atomic E-state index is 11.4. The number of carbonyl (C=O) groups is 1. The molecule has 3 rings (SSSR count). The maximum atomic E-state index is 11.4. The van der Waals surface area contributed by atoms with Gasteiger partial charge in [0.25, 0.3) is 5.69 Å². The molecule has 0 unspecified atom stereocenters. The van der Waals surface area contributed by atoms with Crippen molar-refractivity contribution >= 4 is 28.4 Å². The number of nitro benzene ring substituents is 1. The summed E-state index contributed by atoms with van der Waals surface area (Å²) in [6.45, 7) is 1.74. The molecule has 0 radical (unpaired) electrons. The van der Waals surface area contributed by atoms with E-state index < -0.39 is 6.09 Å². The highest BCUT2D eigenvalue weighted by molar-refractivity contribution is 5.87. The Hall–Kier alpha value is -2.90. The monoisotopic (exact) mass is 330 g/mol. The van der Waals surface area contributed by atoms with Crippen LogP contribution in [0.4, 0.5) is 16.2 Å². The lowest BCUT2D eigenvalue weighted by Gasteiger charge is -2.33. The van der Waals surface area contributed by atoms with E-state index in [1.807, 2.05) is 11.0 Å². The van der Waals surface area contributed by atoms with Crippen LogP contribution in [0.5, 0.6) is 0 Å². The van der Waals surface area contributed by atoms with Gasteiger partial charge < -0.3 is 15.3 Å². The number of nitrogens with zero attached hydrogens (tertiary/aromatic N) is 3. The average molecular weight is 330 g/mol.